The number of alkyl halides is 3. The topological polar surface area (TPSA) is 107 Å². The molecule has 0 spiro atoms. The Morgan fingerprint density at radius 3 is 2.62 bits per heavy atom. The van der Waals surface area contributed by atoms with Crippen molar-refractivity contribution in [2.24, 2.45) is 0 Å². The highest BCUT2D eigenvalue weighted by Crippen LogP contribution is 2.29. The van der Waals surface area contributed by atoms with Crippen LogP contribution in [0.3, 0.4) is 0 Å². The van der Waals surface area contributed by atoms with E-state index in [4.69, 9.17) is 9.47 Å². The van der Waals surface area contributed by atoms with Crippen LogP contribution in [0.25, 0.3) is 11.4 Å². The predicted molar refractivity (Wildman–Crippen MR) is 102 cm³/mol. The van der Waals surface area contributed by atoms with E-state index in [0.717, 1.165) is 6.42 Å². The minimum atomic E-state index is -4.73. The van der Waals surface area contributed by atoms with Gasteiger partial charge in [-0.15, -0.1) is 0 Å². The Hall–Kier alpha value is -2.99. The van der Waals surface area contributed by atoms with Gasteiger partial charge in [0.25, 0.3) is 11.8 Å². The molecule has 0 radical (unpaired) electrons. The number of ether oxygens (including phenoxy) is 2. The van der Waals surface area contributed by atoms with Crippen molar-refractivity contribution in [3.63, 3.8) is 0 Å². The number of nitrogens with one attached hydrogen (secondary N) is 1. The highest BCUT2D eigenvalue weighted by molar-refractivity contribution is 5.94. The van der Waals surface area contributed by atoms with E-state index in [2.05, 4.69) is 20.0 Å². The van der Waals surface area contributed by atoms with E-state index in [1.165, 1.54) is 24.3 Å². The molecule has 3 heterocycles. The van der Waals surface area contributed by atoms with Gasteiger partial charge >= 0.3 is 12.1 Å². The predicted octanol–water partition coefficient (Wildman–Crippen LogP) is 1.89. The molecule has 2 amide bonds. The molecule has 2 atom stereocenters. The first-order valence-electron chi connectivity index (χ1n) is 10.1. The Labute approximate surface area is 180 Å². The van der Waals surface area contributed by atoms with Gasteiger partial charge in [-0.2, -0.15) is 18.2 Å². The largest absolute Gasteiger partial charge is 0.471 e. The normalized spacial score (nSPS) is 21.5. The summed E-state index contributed by atoms with van der Waals surface area (Å²) in [5, 5.41) is 6.09. The fourth-order valence-corrected chi connectivity index (χ4v) is 3.61. The van der Waals surface area contributed by atoms with Crippen molar-refractivity contribution in [3.05, 3.63) is 35.7 Å². The molecule has 0 bridgehead atoms. The van der Waals surface area contributed by atoms with Crippen molar-refractivity contribution in [2.45, 2.75) is 31.2 Å². The number of rotatable bonds is 5. The summed E-state index contributed by atoms with van der Waals surface area (Å²) in [6.45, 7) is 1.92. The lowest BCUT2D eigenvalue weighted by Crippen LogP contribution is -2.55. The standard InChI is InChI=1S/C20H21F3N4O5/c21-20(22,23)19-25-16(26-32-19)12-3-5-13(6-4-12)17(28)24-10-14-11-30-9-7-27(14)18(29)15-2-1-8-31-15/h3-6,14-15H,1-2,7-11H2,(H,24,28)/t14-,15?/m1/s1. The molecular weight excluding hydrogens is 433 g/mol. The molecule has 0 saturated carbocycles. The summed E-state index contributed by atoms with van der Waals surface area (Å²) in [6.07, 6.45) is -3.64. The summed E-state index contributed by atoms with van der Waals surface area (Å²) in [5.41, 5.74) is 0.567. The van der Waals surface area contributed by atoms with E-state index in [1.54, 1.807) is 4.90 Å². The zero-order chi connectivity index (χ0) is 22.7. The van der Waals surface area contributed by atoms with E-state index < -0.39 is 24.1 Å². The van der Waals surface area contributed by atoms with Gasteiger partial charge < -0.3 is 24.2 Å². The molecule has 9 nitrogen and oxygen atoms in total. The third-order valence-corrected chi connectivity index (χ3v) is 5.29. The fraction of sp³-hybridized carbons (Fsp3) is 0.500. The van der Waals surface area contributed by atoms with Crippen LogP contribution in [0.2, 0.25) is 0 Å². The van der Waals surface area contributed by atoms with Crippen LogP contribution < -0.4 is 5.32 Å². The van der Waals surface area contributed by atoms with Crippen LogP contribution in [-0.4, -0.2) is 71.9 Å². The summed E-state index contributed by atoms with van der Waals surface area (Å²) >= 11 is 0. The Morgan fingerprint density at radius 2 is 1.97 bits per heavy atom. The molecule has 2 fully saturated rings. The number of carbonyl (C=O) groups is 2. The maximum atomic E-state index is 12.7. The number of hydrogen-bond acceptors (Lipinski definition) is 7. The summed E-state index contributed by atoms with van der Waals surface area (Å²) in [7, 11) is 0. The molecule has 1 unspecified atom stereocenters. The SMILES string of the molecule is O=C(NC[C@@H]1COCCN1C(=O)C1CCCO1)c1ccc(-c2noc(C(F)(F)F)n2)cc1. The number of morpholine rings is 1. The third kappa shape index (κ3) is 4.91. The van der Waals surface area contributed by atoms with Crippen molar-refractivity contribution in [2.75, 3.05) is 32.9 Å². The van der Waals surface area contributed by atoms with Gasteiger partial charge in [-0.3, -0.25) is 9.59 Å². The second-order valence-electron chi connectivity index (χ2n) is 7.47. The summed E-state index contributed by atoms with van der Waals surface area (Å²) in [4.78, 5) is 30.2. The minimum Gasteiger partial charge on any atom is -0.377 e. The van der Waals surface area contributed by atoms with Crippen LogP contribution in [0.1, 0.15) is 29.1 Å². The highest BCUT2D eigenvalue weighted by atomic mass is 19.4. The molecule has 1 aromatic heterocycles. The summed E-state index contributed by atoms with van der Waals surface area (Å²) < 4.78 is 53.0. The van der Waals surface area contributed by atoms with Gasteiger partial charge in [-0.1, -0.05) is 17.3 Å². The van der Waals surface area contributed by atoms with Gasteiger partial charge in [0.2, 0.25) is 5.82 Å². The molecule has 2 aromatic rings. The smallest absolute Gasteiger partial charge is 0.377 e. The molecule has 0 aliphatic carbocycles. The molecule has 1 N–H and O–H groups in total. The Balaban J connectivity index is 1.36. The first-order valence-corrected chi connectivity index (χ1v) is 10.1. The summed E-state index contributed by atoms with van der Waals surface area (Å²) in [6, 6.07) is 5.43. The first-order chi connectivity index (χ1) is 15.3. The Morgan fingerprint density at radius 1 is 1.19 bits per heavy atom. The Kier molecular flexibility index (Phi) is 6.42. The van der Waals surface area contributed by atoms with Gasteiger partial charge in [0, 0.05) is 30.8 Å². The van der Waals surface area contributed by atoms with Gasteiger partial charge in [-0.05, 0) is 25.0 Å². The highest BCUT2D eigenvalue weighted by Gasteiger charge is 2.38. The van der Waals surface area contributed by atoms with Gasteiger partial charge in [-0.25, -0.2) is 0 Å². The van der Waals surface area contributed by atoms with Crippen LogP contribution >= 0.6 is 0 Å². The second kappa shape index (κ2) is 9.25. The molecule has 32 heavy (non-hydrogen) atoms. The van der Waals surface area contributed by atoms with Crippen LogP contribution in [0, 0.1) is 0 Å². The number of benzene rings is 1. The monoisotopic (exact) mass is 454 g/mol. The molecule has 12 heteroatoms. The Bertz CT molecular complexity index is 957. The number of amides is 2. The maximum Gasteiger partial charge on any atom is 0.471 e. The lowest BCUT2D eigenvalue weighted by molar-refractivity contribution is -0.159. The minimum absolute atomic E-state index is 0.0901. The van der Waals surface area contributed by atoms with E-state index in [1.807, 2.05) is 0 Å². The van der Waals surface area contributed by atoms with Crippen LogP contribution in [-0.2, 0) is 20.4 Å². The van der Waals surface area contributed by atoms with Crippen molar-refractivity contribution >= 4 is 11.8 Å². The quantitative estimate of drug-likeness (QED) is 0.735. The van der Waals surface area contributed by atoms with Crippen molar-refractivity contribution < 1.29 is 36.8 Å². The van der Waals surface area contributed by atoms with E-state index in [0.29, 0.717) is 38.3 Å². The van der Waals surface area contributed by atoms with Gasteiger partial charge in [0.15, 0.2) is 0 Å². The number of halogens is 3. The van der Waals surface area contributed by atoms with Crippen LogP contribution in [0.4, 0.5) is 13.2 Å². The van der Waals surface area contributed by atoms with E-state index in [9.17, 15) is 22.8 Å². The molecule has 2 saturated heterocycles. The molecule has 1 aromatic carbocycles. The average Bonchev–Trinajstić information content (AvgIpc) is 3.50. The van der Waals surface area contributed by atoms with Crippen LogP contribution in [0.15, 0.2) is 28.8 Å². The van der Waals surface area contributed by atoms with Crippen LogP contribution in [0.5, 0.6) is 0 Å². The van der Waals surface area contributed by atoms with Gasteiger partial charge in [0.1, 0.15) is 6.10 Å². The summed E-state index contributed by atoms with van der Waals surface area (Å²) in [5.74, 6) is -2.15. The maximum absolute atomic E-state index is 12.7. The third-order valence-electron chi connectivity index (χ3n) is 5.29. The molecular formula is C20H21F3N4O5. The first kappa shape index (κ1) is 22.2. The lowest BCUT2D eigenvalue weighted by Gasteiger charge is -2.36. The van der Waals surface area contributed by atoms with Crippen molar-refractivity contribution in [3.8, 4) is 11.4 Å². The average molecular weight is 454 g/mol. The zero-order valence-electron chi connectivity index (χ0n) is 16.9. The van der Waals surface area contributed by atoms with Crippen molar-refractivity contribution in [1.82, 2.24) is 20.4 Å². The number of carbonyl (C=O) groups excluding carboxylic acids is 2. The fourth-order valence-electron chi connectivity index (χ4n) is 3.61. The molecule has 172 valence electrons. The number of hydrogen-bond donors (Lipinski definition) is 1. The number of nitrogens with zero attached hydrogens (tertiary/aromatic N) is 3. The zero-order valence-corrected chi connectivity index (χ0v) is 16.9. The van der Waals surface area contributed by atoms with E-state index >= 15 is 0 Å². The van der Waals surface area contributed by atoms with E-state index in [-0.39, 0.29) is 29.9 Å². The molecule has 4 rings (SSSR count). The number of aromatic nitrogens is 2. The lowest BCUT2D eigenvalue weighted by atomic mass is 10.1. The molecule has 2 aliphatic heterocycles. The second-order valence-corrected chi connectivity index (χ2v) is 7.47. The van der Waals surface area contributed by atoms with Gasteiger partial charge in [0.05, 0.1) is 19.3 Å². The van der Waals surface area contributed by atoms with Crippen molar-refractivity contribution in [1.29, 1.82) is 0 Å². The molecule has 2 aliphatic rings.